The molecule has 5 heteroatoms. The molecule has 0 aliphatic heterocycles. The molecule has 0 bridgehead atoms. The Labute approximate surface area is 126 Å². The molecule has 2 rings (SSSR count). The predicted molar refractivity (Wildman–Crippen MR) is 85.4 cm³/mol. The summed E-state index contributed by atoms with van der Waals surface area (Å²) in [6.45, 7) is 3.86. The number of hydrogen-bond acceptors (Lipinski definition) is 3. The molecule has 1 aromatic carbocycles. The second kappa shape index (κ2) is 6.05. The molecular formula is C15H16BrN3O. The SMILES string of the molecule is CNc1cc(C(=O)Nc2ccc(C)cc2Br)cc(C)n1. The number of hydrogen-bond donors (Lipinski definition) is 2. The lowest BCUT2D eigenvalue weighted by Crippen LogP contribution is -2.13. The van der Waals surface area contributed by atoms with Gasteiger partial charge in [0.15, 0.2) is 0 Å². The van der Waals surface area contributed by atoms with E-state index in [2.05, 4.69) is 31.5 Å². The number of nitrogens with zero attached hydrogens (tertiary/aromatic N) is 1. The third kappa shape index (κ3) is 3.36. The smallest absolute Gasteiger partial charge is 0.255 e. The molecule has 20 heavy (non-hydrogen) atoms. The zero-order valence-electron chi connectivity index (χ0n) is 11.6. The first-order chi connectivity index (χ1) is 9.49. The molecular weight excluding hydrogens is 318 g/mol. The fourth-order valence-electron chi connectivity index (χ4n) is 1.84. The highest BCUT2D eigenvalue weighted by molar-refractivity contribution is 9.10. The van der Waals surface area contributed by atoms with Crippen LogP contribution < -0.4 is 10.6 Å². The number of anilines is 2. The zero-order valence-corrected chi connectivity index (χ0v) is 13.2. The van der Waals surface area contributed by atoms with Crippen LogP contribution in [0.15, 0.2) is 34.8 Å². The lowest BCUT2D eigenvalue weighted by atomic mass is 10.2. The van der Waals surface area contributed by atoms with Crippen LogP contribution in [0, 0.1) is 13.8 Å². The van der Waals surface area contributed by atoms with Gasteiger partial charge in [-0.25, -0.2) is 4.98 Å². The summed E-state index contributed by atoms with van der Waals surface area (Å²) in [7, 11) is 1.78. The van der Waals surface area contributed by atoms with Crippen LogP contribution in [-0.4, -0.2) is 17.9 Å². The highest BCUT2D eigenvalue weighted by Gasteiger charge is 2.10. The average Bonchev–Trinajstić information content (AvgIpc) is 2.41. The van der Waals surface area contributed by atoms with E-state index in [0.717, 1.165) is 21.4 Å². The molecule has 2 N–H and O–H groups in total. The number of nitrogens with one attached hydrogen (secondary N) is 2. The van der Waals surface area contributed by atoms with Crippen LogP contribution in [0.3, 0.4) is 0 Å². The van der Waals surface area contributed by atoms with Gasteiger partial charge in [-0.1, -0.05) is 6.07 Å². The van der Waals surface area contributed by atoms with Crippen LogP contribution >= 0.6 is 15.9 Å². The molecule has 0 atom stereocenters. The van der Waals surface area contributed by atoms with Gasteiger partial charge in [-0.05, 0) is 59.6 Å². The van der Waals surface area contributed by atoms with Crippen molar-refractivity contribution >= 4 is 33.3 Å². The summed E-state index contributed by atoms with van der Waals surface area (Å²) in [5.41, 5.74) is 3.26. The molecule has 4 nitrogen and oxygen atoms in total. The van der Waals surface area contributed by atoms with Crippen molar-refractivity contribution in [1.29, 1.82) is 0 Å². The fourth-order valence-corrected chi connectivity index (χ4v) is 2.44. The number of benzene rings is 1. The molecule has 1 heterocycles. The van der Waals surface area contributed by atoms with Crippen molar-refractivity contribution in [3.63, 3.8) is 0 Å². The number of carbonyl (C=O) groups excluding carboxylic acids is 1. The molecule has 0 saturated heterocycles. The molecule has 104 valence electrons. The fraction of sp³-hybridized carbons (Fsp3) is 0.200. The summed E-state index contributed by atoms with van der Waals surface area (Å²) in [6.07, 6.45) is 0. The van der Waals surface area contributed by atoms with Gasteiger partial charge in [0.25, 0.3) is 5.91 Å². The van der Waals surface area contributed by atoms with Crippen molar-refractivity contribution < 1.29 is 4.79 Å². The van der Waals surface area contributed by atoms with E-state index < -0.39 is 0 Å². The van der Waals surface area contributed by atoms with E-state index in [4.69, 9.17) is 0 Å². The van der Waals surface area contributed by atoms with Gasteiger partial charge in [0.1, 0.15) is 5.82 Å². The monoisotopic (exact) mass is 333 g/mol. The molecule has 2 aromatic rings. The number of carbonyl (C=O) groups is 1. The van der Waals surface area contributed by atoms with Gasteiger partial charge in [0, 0.05) is 22.8 Å². The minimum Gasteiger partial charge on any atom is -0.373 e. The number of pyridine rings is 1. The molecule has 0 radical (unpaired) electrons. The summed E-state index contributed by atoms with van der Waals surface area (Å²) in [5.74, 6) is 0.523. The lowest BCUT2D eigenvalue weighted by Gasteiger charge is -2.10. The molecule has 1 aromatic heterocycles. The highest BCUT2D eigenvalue weighted by atomic mass is 79.9. The Kier molecular flexibility index (Phi) is 4.39. The summed E-state index contributed by atoms with van der Waals surface area (Å²) in [6, 6.07) is 9.29. The molecule has 0 unspecified atom stereocenters. The van der Waals surface area contributed by atoms with E-state index in [0.29, 0.717) is 11.4 Å². The summed E-state index contributed by atoms with van der Waals surface area (Å²) in [5, 5.41) is 5.84. The highest BCUT2D eigenvalue weighted by Crippen LogP contribution is 2.24. The number of aryl methyl sites for hydroxylation is 2. The van der Waals surface area contributed by atoms with Crippen molar-refractivity contribution in [2.24, 2.45) is 0 Å². The Morgan fingerprint density at radius 2 is 1.95 bits per heavy atom. The second-order valence-electron chi connectivity index (χ2n) is 4.57. The van der Waals surface area contributed by atoms with E-state index in [9.17, 15) is 4.79 Å². The first kappa shape index (κ1) is 14.5. The summed E-state index contributed by atoms with van der Waals surface area (Å²) < 4.78 is 0.866. The van der Waals surface area contributed by atoms with Crippen LogP contribution in [0.2, 0.25) is 0 Å². The quantitative estimate of drug-likeness (QED) is 0.899. The average molecular weight is 334 g/mol. The Bertz CT molecular complexity index is 656. The van der Waals surface area contributed by atoms with E-state index in [1.807, 2.05) is 32.0 Å². The Morgan fingerprint density at radius 1 is 1.20 bits per heavy atom. The Hall–Kier alpha value is -1.88. The largest absolute Gasteiger partial charge is 0.373 e. The van der Waals surface area contributed by atoms with E-state index in [1.165, 1.54) is 0 Å². The molecule has 0 fully saturated rings. The van der Waals surface area contributed by atoms with Gasteiger partial charge in [0.2, 0.25) is 0 Å². The van der Waals surface area contributed by atoms with Crippen molar-refractivity contribution in [3.8, 4) is 0 Å². The van der Waals surface area contributed by atoms with E-state index in [-0.39, 0.29) is 5.91 Å². The van der Waals surface area contributed by atoms with Crippen LogP contribution in [-0.2, 0) is 0 Å². The molecule has 0 aliphatic carbocycles. The number of halogens is 1. The normalized spacial score (nSPS) is 10.2. The minimum atomic E-state index is -0.156. The van der Waals surface area contributed by atoms with Gasteiger partial charge >= 0.3 is 0 Å². The maximum atomic E-state index is 12.3. The number of aromatic nitrogens is 1. The number of amides is 1. The van der Waals surface area contributed by atoms with Crippen molar-refractivity contribution in [3.05, 3.63) is 51.6 Å². The maximum Gasteiger partial charge on any atom is 0.255 e. The summed E-state index contributed by atoms with van der Waals surface area (Å²) >= 11 is 3.45. The van der Waals surface area contributed by atoms with E-state index >= 15 is 0 Å². The lowest BCUT2D eigenvalue weighted by molar-refractivity contribution is 0.102. The van der Waals surface area contributed by atoms with Crippen molar-refractivity contribution in [2.45, 2.75) is 13.8 Å². The van der Waals surface area contributed by atoms with Crippen LogP contribution in [0.4, 0.5) is 11.5 Å². The molecule has 0 saturated carbocycles. The third-order valence-electron chi connectivity index (χ3n) is 2.84. The second-order valence-corrected chi connectivity index (χ2v) is 5.42. The van der Waals surface area contributed by atoms with Gasteiger partial charge in [-0.3, -0.25) is 4.79 Å². The topological polar surface area (TPSA) is 54.0 Å². The third-order valence-corrected chi connectivity index (χ3v) is 3.50. The summed E-state index contributed by atoms with van der Waals surface area (Å²) in [4.78, 5) is 16.6. The molecule has 0 spiro atoms. The van der Waals surface area contributed by atoms with Gasteiger partial charge in [-0.15, -0.1) is 0 Å². The molecule has 0 aliphatic rings. The van der Waals surface area contributed by atoms with E-state index in [1.54, 1.807) is 19.2 Å². The first-order valence-electron chi connectivity index (χ1n) is 6.23. The zero-order chi connectivity index (χ0) is 14.7. The molecule has 1 amide bonds. The Balaban J connectivity index is 2.26. The minimum absolute atomic E-state index is 0.156. The maximum absolute atomic E-state index is 12.3. The van der Waals surface area contributed by atoms with Gasteiger partial charge in [-0.2, -0.15) is 0 Å². The predicted octanol–water partition coefficient (Wildman–Crippen LogP) is 3.75. The first-order valence-corrected chi connectivity index (χ1v) is 7.03. The Morgan fingerprint density at radius 3 is 2.60 bits per heavy atom. The number of rotatable bonds is 3. The van der Waals surface area contributed by atoms with Crippen LogP contribution in [0.5, 0.6) is 0 Å². The standard InChI is InChI=1S/C15H16BrN3O/c1-9-4-5-13(12(16)6-9)19-15(20)11-7-10(2)18-14(8-11)17-3/h4-8H,1-3H3,(H,17,18)(H,19,20). The van der Waals surface area contributed by atoms with Gasteiger partial charge in [0.05, 0.1) is 5.69 Å². The van der Waals surface area contributed by atoms with Crippen molar-refractivity contribution in [1.82, 2.24) is 4.98 Å². The van der Waals surface area contributed by atoms with Crippen LogP contribution in [0.1, 0.15) is 21.6 Å². The van der Waals surface area contributed by atoms with Crippen LogP contribution in [0.25, 0.3) is 0 Å². The van der Waals surface area contributed by atoms with Crippen molar-refractivity contribution in [2.75, 3.05) is 17.7 Å². The van der Waals surface area contributed by atoms with Gasteiger partial charge < -0.3 is 10.6 Å².